The number of hydrogen-bond donors (Lipinski definition) is 1. The summed E-state index contributed by atoms with van der Waals surface area (Å²) in [7, 11) is 0. The number of aliphatic hydroxyl groups is 1. The summed E-state index contributed by atoms with van der Waals surface area (Å²) >= 11 is 0. The van der Waals surface area contributed by atoms with Gasteiger partial charge in [-0.25, -0.2) is 0 Å². The van der Waals surface area contributed by atoms with E-state index in [4.69, 9.17) is 0 Å². The average molecular weight is 156 g/mol. The molecule has 0 aliphatic heterocycles. The lowest BCUT2D eigenvalue weighted by Crippen LogP contribution is -2.34. The minimum Gasteiger partial charge on any atom is -0.393 e. The van der Waals surface area contributed by atoms with Gasteiger partial charge in [0.2, 0.25) is 0 Å². The fraction of sp³-hybridized carbons (Fsp3) is 1.00. The van der Waals surface area contributed by atoms with Crippen LogP contribution in [0, 0.1) is 11.8 Å². The molecule has 11 heavy (non-hydrogen) atoms. The van der Waals surface area contributed by atoms with E-state index in [0.29, 0.717) is 5.92 Å². The minimum atomic E-state index is 0.0671. The van der Waals surface area contributed by atoms with Gasteiger partial charge < -0.3 is 5.11 Å². The molecular formula is C10H20O. The Labute approximate surface area is 69.8 Å². The van der Waals surface area contributed by atoms with Gasteiger partial charge in [-0.05, 0) is 43.9 Å². The molecular weight excluding hydrogens is 136 g/mol. The molecule has 0 saturated heterocycles. The molecule has 3 aliphatic rings. The van der Waals surface area contributed by atoms with Crippen LogP contribution in [0.5, 0.6) is 0 Å². The van der Waals surface area contributed by atoms with E-state index in [1.54, 1.807) is 0 Å². The zero-order chi connectivity index (χ0) is 8.27. The highest BCUT2D eigenvalue weighted by molar-refractivity contribution is 4.85. The van der Waals surface area contributed by atoms with Crippen molar-refractivity contribution in [2.75, 3.05) is 0 Å². The highest BCUT2D eigenvalue weighted by atomic mass is 16.3. The first-order valence-corrected chi connectivity index (χ1v) is 5.04. The van der Waals surface area contributed by atoms with Gasteiger partial charge in [-0.15, -0.1) is 0 Å². The van der Waals surface area contributed by atoms with Gasteiger partial charge in [-0.2, -0.15) is 0 Å². The Morgan fingerprint density at radius 3 is 1.73 bits per heavy atom. The fourth-order valence-corrected chi connectivity index (χ4v) is 2.34. The van der Waals surface area contributed by atoms with Crippen LogP contribution in [-0.4, -0.2) is 11.2 Å². The Morgan fingerprint density at radius 1 is 1.00 bits per heavy atom. The molecule has 1 heteroatoms. The fourth-order valence-electron chi connectivity index (χ4n) is 2.34. The van der Waals surface area contributed by atoms with Gasteiger partial charge in [0.15, 0.2) is 0 Å². The first-order chi connectivity index (χ1) is 5.36. The van der Waals surface area contributed by atoms with Crippen LogP contribution in [0.25, 0.3) is 0 Å². The van der Waals surface area contributed by atoms with Gasteiger partial charge in [0.05, 0.1) is 6.10 Å². The van der Waals surface area contributed by atoms with Crippen LogP contribution in [0.15, 0.2) is 0 Å². The lowest BCUT2D eigenvalue weighted by Gasteiger charge is -2.39. The van der Waals surface area contributed by atoms with Crippen LogP contribution >= 0.6 is 0 Å². The molecule has 0 aromatic carbocycles. The number of aliphatic hydroxyl groups excluding tert-OH is 1. The quantitative estimate of drug-likeness (QED) is 0.571. The SMILES string of the molecule is CC.OC1CC2CCC1CC2. The Bertz CT molecular complexity index is 103. The van der Waals surface area contributed by atoms with E-state index in [2.05, 4.69) is 0 Å². The zero-order valence-electron chi connectivity index (χ0n) is 7.71. The first-order valence-electron chi connectivity index (χ1n) is 5.04. The van der Waals surface area contributed by atoms with Crippen LogP contribution < -0.4 is 0 Å². The molecule has 0 aromatic heterocycles. The van der Waals surface area contributed by atoms with Crippen molar-refractivity contribution in [1.82, 2.24) is 0 Å². The highest BCUT2D eigenvalue weighted by Gasteiger charge is 2.33. The van der Waals surface area contributed by atoms with Crippen molar-refractivity contribution in [1.29, 1.82) is 0 Å². The average Bonchev–Trinajstić information content (AvgIpc) is 2.10. The first kappa shape index (κ1) is 9.05. The second-order valence-electron chi connectivity index (χ2n) is 3.58. The normalized spacial score (nSPS) is 41.2. The summed E-state index contributed by atoms with van der Waals surface area (Å²) in [6.45, 7) is 4.00. The molecule has 0 spiro atoms. The second-order valence-corrected chi connectivity index (χ2v) is 3.58. The Morgan fingerprint density at radius 2 is 1.55 bits per heavy atom. The summed E-state index contributed by atoms with van der Waals surface area (Å²) in [5, 5.41) is 9.40. The third kappa shape index (κ3) is 1.96. The van der Waals surface area contributed by atoms with Crippen molar-refractivity contribution in [3.63, 3.8) is 0 Å². The minimum absolute atomic E-state index is 0.0671. The van der Waals surface area contributed by atoms with Crippen molar-refractivity contribution >= 4 is 0 Å². The van der Waals surface area contributed by atoms with Crippen molar-refractivity contribution in [3.8, 4) is 0 Å². The molecule has 1 N–H and O–H groups in total. The van der Waals surface area contributed by atoms with Gasteiger partial charge >= 0.3 is 0 Å². The molecule has 1 atom stereocenters. The number of hydrogen-bond acceptors (Lipinski definition) is 1. The predicted octanol–water partition coefficient (Wildman–Crippen LogP) is 2.58. The molecule has 0 heterocycles. The zero-order valence-corrected chi connectivity index (χ0v) is 7.71. The molecule has 0 radical (unpaired) electrons. The lowest BCUT2D eigenvalue weighted by atomic mass is 9.69. The molecule has 3 aliphatic carbocycles. The van der Waals surface area contributed by atoms with Crippen LogP contribution in [0.1, 0.15) is 46.0 Å². The summed E-state index contributed by atoms with van der Waals surface area (Å²) in [5.74, 6) is 1.56. The molecule has 1 nitrogen and oxygen atoms in total. The van der Waals surface area contributed by atoms with E-state index >= 15 is 0 Å². The molecule has 3 fully saturated rings. The van der Waals surface area contributed by atoms with Crippen molar-refractivity contribution in [3.05, 3.63) is 0 Å². The van der Waals surface area contributed by atoms with Crippen LogP contribution in [0.3, 0.4) is 0 Å². The van der Waals surface area contributed by atoms with E-state index < -0.39 is 0 Å². The smallest absolute Gasteiger partial charge is 0.0571 e. The Hall–Kier alpha value is -0.0400. The number of fused-ring (bicyclic) bond motifs is 3. The van der Waals surface area contributed by atoms with Gasteiger partial charge in [0, 0.05) is 0 Å². The van der Waals surface area contributed by atoms with Crippen LogP contribution in [-0.2, 0) is 0 Å². The van der Waals surface area contributed by atoms with E-state index in [0.717, 1.165) is 12.3 Å². The Balaban J connectivity index is 0.000000281. The standard InChI is InChI=1S/C8H14O.C2H6/c9-8-5-6-1-3-7(8)4-2-6;1-2/h6-9H,1-5H2;1-2H3. The van der Waals surface area contributed by atoms with Gasteiger partial charge in [0.25, 0.3) is 0 Å². The van der Waals surface area contributed by atoms with Gasteiger partial charge in [0.1, 0.15) is 0 Å². The van der Waals surface area contributed by atoms with Crippen LogP contribution in [0.2, 0.25) is 0 Å². The molecule has 66 valence electrons. The summed E-state index contributed by atoms with van der Waals surface area (Å²) in [6, 6.07) is 0. The second kappa shape index (κ2) is 4.10. The van der Waals surface area contributed by atoms with Gasteiger partial charge in [-0.3, -0.25) is 0 Å². The molecule has 2 bridgehead atoms. The van der Waals surface area contributed by atoms with Gasteiger partial charge in [-0.1, -0.05) is 13.8 Å². The summed E-state index contributed by atoms with van der Waals surface area (Å²) < 4.78 is 0. The monoisotopic (exact) mass is 156 g/mol. The highest BCUT2D eigenvalue weighted by Crippen LogP contribution is 2.40. The maximum atomic E-state index is 9.40. The summed E-state index contributed by atoms with van der Waals surface area (Å²) in [6.07, 6.45) is 6.55. The Kier molecular flexibility index (Phi) is 3.38. The maximum absolute atomic E-state index is 9.40. The molecule has 3 saturated carbocycles. The van der Waals surface area contributed by atoms with E-state index in [9.17, 15) is 5.11 Å². The predicted molar refractivity (Wildman–Crippen MR) is 47.4 cm³/mol. The molecule has 0 amide bonds. The summed E-state index contributed by atoms with van der Waals surface area (Å²) in [5.41, 5.74) is 0. The lowest BCUT2D eigenvalue weighted by molar-refractivity contribution is 0.00248. The van der Waals surface area contributed by atoms with Crippen molar-refractivity contribution in [2.24, 2.45) is 11.8 Å². The topological polar surface area (TPSA) is 20.2 Å². The van der Waals surface area contributed by atoms with E-state index in [-0.39, 0.29) is 6.10 Å². The van der Waals surface area contributed by atoms with E-state index in [1.807, 2.05) is 13.8 Å². The largest absolute Gasteiger partial charge is 0.393 e. The van der Waals surface area contributed by atoms with Crippen molar-refractivity contribution in [2.45, 2.75) is 52.1 Å². The van der Waals surface area contributed by atoms with Crippen LogP contribution in [0.4, 0.5) is 0 Å². The summed E-state index contributed by atoms with van der Waals surface area (Å²) in [4.78, 5) is 0. The third-order valence-corrected chi connectivity index (χ3v) is 3.01. The molecule has 0 aromatic rings. The third-order valence-electron chi connectivity index (χ3n) is 3.01. The van der Waals surface area contributed by atoms with E-state index in [1.165, 1.54) is 25.7 Å². The number of rotatable bonds is 0. The van der Waals surface area contributed by atoms with Crippen molar-refractivity contribution < 1.29 is 5.11 Å². The maximum Gasteiger partial charge on any atom is 0.0571 e. The molecule has 1 unspecified atom stereocenters. The molecule has 3 rings (SSSR count).